The summed E-state index contributed by atoms with van der Waals surface area (Å²) in [5.41, 5.74) is 0.843. The minimum Gasteiger partial charge on any atom is -0.466 e. The van der Waals surface area contributed by atoms with Crippen molar-refractivity contribution in [3.8, 4) is 0 Å². The summed E-state index contributed by atoms with van der Waals surface area (Å²) < 4.78 is 9.95. The van der Waals surface area contributed by atoms with Crippen LogP contribution in [0.5, 0.6) is 0 Å². The highest BCUT2D eigenvalue weighted by atomic mass is 32.1. The summed E-state index contributed by atoms with van der Waals surface area (Å²) in [5, 5.41) is 18.2. The molecule has 3 heterocycles. The molecule has 1 aliphatic heterocycles. The van der Waals surface area contributed by atoms with Gasteiger partial charge in [0, 0.05) is 23.9 Å². The van der Waals surface area contributed by atoms with Crippen LogP contribution in [0.3, 0.4) is 0 Å². The van der Waals surface area contributed by atoms with E-state index >= 15 is 0 Å². The number of nitrogens with one attached hydrogen (secondary N) is 3. The van der Waals surface area contributed by atoms with Crippen molar-refractivity contribution in [3.63, 3.8) is 0 Å². The molecule has 12 nitrogen and oxygen atoms in total. The van der Waals surface area contributed by atoms with Crippen LogP contribution in [0.15, 0.2) is 22.5 Å². The van der Waals surface area contributed by atoms with Crippen LogP contribution in [-0.4, -0.2) is 70.9 Å². The molecular weight excluding hydrogens is 538 g/mol. The highest BCUT2D eigenvalue weighted by molar-refractivity contribution is 7.12. The number of nitrogens with zero attached hydrogens (tertiary/aromatic N) is 2. The first-order valence-corrected chi connectivity index (χ1v) is 14.0. The zero-order valence-corrected chi connectivity index (χ0v) is 24.2. The summed E-state index contributed by atoms with van der Waals surface area (Å²) in [6, 6.07) is 2.42. The average Bonchev–Trinajstić information content (AvgIpc) is 3.53. The Morgan fingerprint density at radius 1 is 1.18 bits per heavy atom. The van der Waals surface area contributed by atoms with Crippen LogP contribution in [-0.2, 0) is 30.3 Å². The highest BCUT2D eigenvalue weighted by Gasteiger charge is 2.28. The van der Waals surface area contributed by atoms with Gasteiger partial charge in [-0.15, -0.1) is 11.3 Å². The number of anilines is 1. The van der Waals surface area contributed by atoms with Gasteiger partial charge in [0.15, 0.2) is 6.23 Å². The third-order valence-electron chi connectivity index (χ3n) is 6.04. The average molecular weight is 576 g/mol. The predicted molar refractivity (Wildman–Crippen MR) is 150 cm³/mol. The fourth-order valence-electron chi connectivity index (χ4n) is 3.79. The Morgan fingerprint density at radius 3 is 2.58 bits per heavy atom. The van der Waals surface area contributed by atoms with Crippen LogP contribution in [0.2, 0.25) is 0 Å². The van der Waals surface area contributed by atoms with Crippen LogP contribution in [0, 0.1) is 5.41 Å². The maximum atomic E-state index is 12.9. The molecule has 4 N–H and O–H groups in total. The third kappa shape index (κ3) is 8.15. The van der Waals surface area contributed by atoms with Crippen LogP contribution >= 0.6 is 11.3 Å². The number of aliphatic hydroxyl groups is 1. The van der Waals surface area contributed by atoms with Crippen molar-refractivity contribution >= 4 is 53.1 Å². The van der Waals surface area contributed by atoms with Gasteiger partial charge in [0.05, 0.1) is 24.4 Å². The van der Waals surface area contributed by atoms with E-state index < -0.39 is 35.5 Å². The second-order valence-corrected chi connectivity index (χ2v) is 11.1. The number of thiophene rings is 1. The number of esters is 2. The van der Waals surface area contributed by atoms with E-state index in [0.717, 1.165) is 5.56 Å². The zero-order valence-electron chi connectivity index (χ0n) is 23.4. The van der Waals surface area contributed by atoms with E-state index in [1.165, 1.54) is 17.7 Å². The van der Waals surface area contributed by atoms with Gasteiger partial charge in [-0.3, -0.25) is 14.4 Å². The quantitative estimate of drug-likeness (QED) is 0.280. The number of aliphatic hydroxyl groups excluding tert-OH is 1. The number of hydrogen-bond donors (Lipinski definition) is 4. The van der Waals surface area contributed by atoms with Crippen molar-refractivity contribution in [2.45, 2.75) is 66.2 Å². The van der Waals surface area contributed by atoms with E-state index in [4.69, 9.17) is 9.47 Å². The van der Waals surface area contributed by atoms with Crippen LogP contribution in [0.4, 0.5) is 11.6 Å². The number of H-pyrrole nitrogens is 1. The topological polar surface area (TPSA) is 162 Å². The maximum absolute atomic E-state index is 12.9. The molecule has 0 saturated heterocycles. The lowest BCUT2D eigenvalue weighted by Crippen LogP contribution is -2.42. The molecule has 40 heavy (non-hydrogen) atoms. The fourth-order valence-corrected chi connectivity index (χ4v) is 4.64. The molecule has 0 bridgehead atoms. The first-order valence-electron chi connectivity index (χ1n) is 13.2. The summed E-state index contributed by atoms with van der Waals surface area (Å²) in [6.45, 7) is 9.59. The van der Waals surface area contributed by atoms with Crippen LogP contribution < -0.4 is 10.6 Å². The Morgan fingerprint density at radius 2 is 1.90 bits per heavy atom. The molecule has 0 radical (unpaired) electrons. The van der Waals surface area contributed by atoms with Crippen molar-refractivity contribution in [1.29, 1.82) is 0 Å². The SMILES string of the molecule is CCOC(=O)CC[C@@H](NC(=O)c1cc(CCN2C=Nc3[nH]c(NC(=O)C(C)(C)C)cc3C2O)cs1)C(=O)OCC. The van der Waals surface area contributed by atoms with Gasteiger partial charge < -0.3 is 35.1 Å². The van der Waals surface area contributed by atoms with E-state index in [-0.39, 0.29) is 32.0 Å². The Kier molecular flexibility index (Phi) is 10.5. The fraction of sp³-hybridized carbons (Fsp3) is 0.519. The first kappa shape index (κ1) is 30.8. The molecule has 0 saturated carbocycles. The molecule has 2 aromatic heterocycles. The van der Waals surface area contributed by atoms with Gasteiger partial charge in [-0.05, 0) is 49.8 Å². The molecule has 0 fully saturated rings. The molecule has 3 rings (SSSR count). The van der Waals surface area contributed by atoms with Crippen molar-refractivity contribution in [2.75, 3.05) is 25.1 Å². The molecule has 0 aliphatic carbocycles. The highest BCUT2D eigenvalue weighted by Crippen LogP contribution is 2.34. The van der Waals surface area contributed by atoms with Gasteiger partial charge in [-0.2, -0.15) is 0 Å². The molecule has 1 unspecified atom stereocenters. The number of rotatable bonds is 12. The molecule has 1 aliphatic rings. The van der Waals surface area contributed by atoms with E-state index in [0.29, 0.717) is 35.0 Å². The number of amides is 2. The Balaban J connectivity index is 1.57. The van der Waals surface area contributed by atoms with Gasteiger partial charge in [0.25, 0.3) is 5.91 Å². The van der Waals surface area contributed by atoms with E-state index in [1.54, 1.807) is 30.9 Å². The minimum absolute atomic E-state index is 0.0275. The second-order valence-electron chi connectivity index (χ2n) is 10.2. The Labute approximate surface area is 237 Å². The lowest BCUT2D eigenvalue weighted by molar-refractivity contribution is -0.146. The Bertz CT molecular complexity index is 1250. The number of aliphatic imine (C=N–C) groups is 1. The summed E-state index contributed by atoms with van der Waals surface area (Å²) >= 11 is 1.23. The molecule has 2 aromatic rings. The van der Waals surface area contributed by atoms with Gasteiger partial charge in [-0.25, -0.2) is 9.79 Å². The van der Waals surface area contributed by atoms with Crippen molar-refractivity contribution in [2.24, 2.45) is 10.4 Å². The zero-order chi connectivity index (χ0) is 29.4. The summed E-state index contributed by atoms with van der Waals surface area (Å²) in [6.07, 6.45) is 1.13. The summed E-state index contributed by atoms with van der Waals surface area (Å²) in [7, 11) is 0. The van der Waals surface area contributed by atoms with E-state index in [9.17, 15) is 24.3 Å². The number of ether oxygens (including phenoxy) is 2. The molecule has 0 aromatic carbocycles. The molecular formula is C27H37N5O7S. The monoisotopic (exact) mass is 575 g/mol. The van der Waals surface area contributed by atoms with Crippen LogP contribution in [0.1, 0.15) is 74.5 Å². The molecule has 0 spiro atoms. The lowest BCUT2D eigenvalue weighted by atomic mass is 9.96. The number of carbonyl (C=O) groups excluding carboxylic acids is 4. The standard InChI is InChI=1S/C27H37N5O7S/c1-6-38-21(33)9-8-18(25(36)39-7-2)29-23(34)19-12-16(14-40-19)10-11-32-15-28-22-17(24(32)35)13-20(30-22)31-26(37)27(3,4)5/h12-15,18,24,30,35H,6-11H2,1-5H3,(H,29,34)(H,31,37)/t18-,24?/m1/s1. The minimum atomic E-state index is -0.976. The van der Waals surface area contributed by atoms with Crippen molar-refractivity contribution < 1.29 is 33.8 Å². The van der Waals surface area contributed by atoms with E-state index in [1.807, 2.05) is 26.2 Å². The summed E-state index contributed by atoms with van der Waals surface area (Å²) in [4.78, 5) is 58.6. The smallest absolute Gasteiger partial charge is 0.328 e. The molecule has 13 heteroatoms. The molecule has 2 atom stereocenters. The number of fused-ring (bicyclic) bond motifs is 1. The van der Waals surface area contributed by atoms with E-state index in [2.05, 4.69) is 20.6 Å². The molecule has 2 amide bonds. The number of hydrogen-bond acceptors (Lipinski definition) is 10. The van der Waals surface area contributed by atoms with Crippen molar-refractivity contribution in [1.82, 2.24) is 15.2 Å². The number of aromatic amines is 1. The van der Waals surface area contributed by atoms with Gasteiger partial charge >= 0.3 is 11.9 Å². The first-order chi connectivity index (χ1) is 18.9. The number of carbonyl (C=O) groups is 4. The normalized spacial score (nSPS) is 15.2. The third-order valence-corrected chi connectivity index (χ3v) is 7.02. The predicted octanol–water partition coefficient (Wildman–Crippen LogP) is 3.27. The van der Waals surface area contributed by atoms with Gasteiger partial charge in [-0.1, -0.05) is 20.8 Å². The van der Waals surface area contributed by atoms with Gasteiger partial charge in [0.2, 0.25) is 5.91 Å². The van der Waals surface area contributed by atoms with Gasteiger partial charge in [0.1, 0.15) is 17.7 Å². The number of aromatic nitrogens is 1. The Hall–Kier alpha value is -3.71. The lowest BCUT2D eigenvalue weighted by Gasteiger charge is -2.28. The summed E-state index contributed by atoms with van der Waals surface area (Å²) in [5.74, 6) is -0.738. The second kappa shape index (κ2) is 13.6. The largest absolute Gasteiger partial charge is 0.466 e. The molecule has 218 valence electrons. The maximum Gasteiger partial charge on any atom is 0.328 e. The van der Waals surface area contributed by atoms with Crippen molar-refractivity contribution in [3.05, 3.63) is 33.5 Å². The van der Waals surface area contributed by atoms with Crippen LogP contribution in [0.25, 0.3) is 0 Å².